The van der Waals surface area contributed by atoms with Gasteiger partial charge in [-0.15, -0.1) is 0 Å². The molecule has 1 N–H and O–H groups in total. The van der Waals surface area contributed by atoms with Crippen molar-refractivity contribution < 1.29 is 4.79 Å². The van der Waals surface area contributed by atoms with Crippen LogP contribution in [-0.2, 0) is 4.79 Å². The van der Waals surface area contributed by atoms with Gasteiger partial charge in [-0.25, -0.2) is 5.01 Å². The number of rotatable bonds is 6. The summed E-state index contributed by atoms with van der Waals surface area (Å²) in [6, 6.07) is 7.34. The van der Waals surface area contributed by atoms with E-state index >= 15 is 0 Å². The number of hydrazone groups is 1. The van der Waals surface area contributed by atoms with Crippen LogP contribution in [0.3, 0.4) is 0 Å². The second-order valence-electron chi connectivity index (χ2n) is 7.26. The van der Waals surface area contributed by atoms with E-state index in [-0.39, 0.29) is 11.9 Å². The minimum Gasteiger partial charge on any atom is -0.284 e. The predicted molar refractivity (Wildman–Crippen MR) is 124 cm³/mol. The summed E-state index contributed by atoms with van der Waals surface area (Å²) in [4.78, 5) is 12.9. The summed E-state index contributed by atoms with van der Waals surface area (Å²) in [5.41, 5.74) is 5.08. The first-order valence-corrected chi connectivity index (χ1v) is 11.1. The van der Waals surface area contributed by atoms with E-state index in [9.17, 15) is 4.79 Å². The van der Waals surface area contributed by atoms with Crippen LogP contribution in [0.4, 0.5) is 0 Å². The van der Waals surface area contributed by atoms with Crippen molar-refractivity contribution in [2.75, 3.05) is 13.1 Å². The molecule has 0 saturated carbocycles. The van der Waals surface area contributed by atoms with Crippen LogP contribution in [0.25, 0.3) is 0 Å². The molecule has 3 rings (SSSR count). The molecule has 1 aromatic carbocycles. The number of carbonyl (C=O) groups excluding carboxylic acids is 1. The summed E-state index contributed by atoms with van der Waals surface area (Å²) < 4.78 is 0. The number of nitrogens with zero attached hydrogens (tertiary/aromatic N) is 3. The monoisotopic (exact) mass is 466 g/mol. The number of carbonyl (C=O) groups is 1. The first-order chi connectivity index (χ1) is 14.4. The average molecular weight is 468 g/mol. The molecular formula is C22H25Cl3N4O. The summed E-state index contributed by atoms with van der Waals surface area (Å²) in [5.74, 6) is -0.185. The molecule has 2 aliphatic heterocycles. The van der Waals surface area contributed by atoms with Crippen molar-refractivity contribution >= 4 is 46.4 Å². The van der Waals surface area contributed by atoms with E-state index < -0.39 is 0 Å². The molecule has 1 saturated heterocycles. The molecule has 1 atom stereocenters. The van der Waals surface area contributed by atoms with Crippen molar-refractivity contribution in [1.29, 1.82) is 0 Å². The highest BCUT2D eigenvalue weighted by Gasteiger charge is 2.34. The summed E-state index contributed by atoms with van der Waals surface area (Å²) in [6.07, 6.45) is 7.22. The molecule has 2 aliphatic rings. The topological polar surface area (TPSA) is 47.9 Å². The van der Waals surface area contributed by atoms with E-state index in [0.717, 1.165) is 31.5 Å². The number of allylic oxidation sites excluding steroid dienone is 4. The summed E-state index contributed by atoms with van der Waals surface area (Å²) >= 11 is 18.5. The Bertz CT molecular complexity index is 886. The van der Waals surface area contributed by atoms with Gasteiger partial charge in [-0.2, -0.15) is 5.10 Å². The van der Waals surface area contributed by atoms with Gasteiger partial charge in [0.1, 0.15) is 5.71 Å². The van der Waals surface area contributed by atoms with Crippen molar-refractivity contribution in [3.05, 3.63) is 69.3 Å². The molecule has 8 heteroatoms. The van der Waals surface area contributed by atoms with Gasteiger partial charge in [0.15, 0.2) is 0 Å². The zero-order valence-corrected chi connectivity index (χ0v) is 19.1. The number of hydrogen-bond acceptors (Lipinski definition) is 4. The fraction of sp³-hybridized carbons (Fsp3) is 0.364. The molecule has 1 fully saturated rings. The third kappa shape index (κ3) is 5.67. The van der Waals surface area contributed by atoms with Gasteiger partial charge in [-0.1, -0.05) is 66.0 Å². The van der Waals surface area contributed by atoms with Crippen LogP contribution < -0.4 is 5.43 Å². The van der Waals surface area contributed by atoms with E-state index in [2.05, 4.69) is 17.1 Å². The standard InChI is InChI=1S/C22H25Cl3N4O/c1-3-20(18(25)13-15(2)23)29-21(16-7-9-17(24)10-8-16)14-19(26-29)22(30)27-28-11-5-4-6-12-28/h3,7-10,13,21H,2,4-6,11-12,14H2,1H3,(H,27,30)/b18-13+,20-3+. The fourth-order valence-electron chi connectivity index (χ4n) is 3.62. The number of hydrazine groups is 1. The van der Waals surface area contributed by atoms with Crippen LogP contribution in [0.1, 0.15) is 44.2 Å². The van der Waals surface area contributed by atoms with Crippen LogP contribution in [0.15, 0.2) is 63.9 Å². The number of piperidine rings is 1. The van der Waals surface area contributed by atoms with Crippen LogP contribution >= 0.6 is 34.8 Å². The quantitative estimate of drug-likeness (QED) is 0.543. The van der Waals surface area contributed by atoms with Crippen molar-refractivity contribution in [1.82, 2.24) is 15.4 Å². The molecule has 5 nitrogen and oxygen atoms in total. The van der Waals surface area contributed by atoms with Crippen LogP contribution in [0.2, 0.25) is 5.02 Å². The Kier molecular flexibility index (Phi) is 8.00. The number of hydrogen-bond donors (Lipinski definition) is 1. The number of halogens is 3. The highest BCUT2D eigenvalue weighted by molar-refractivity contribution is 6.39. The lowest BCUT2D eigenvalue weighted by molar-refractivity contribution is -0.119. The van der Waals surface area contributed by atoms with Gasteiger partial charge in [-0.3, -0.25) is 15.2 Å². The highest BCUT2D eigenvalue weighted by Crippen LogP contribution is 2.37. The Hall–Kier alpha value is -1.79. The Morgan fingerprint density at radius 1 is 1.20 bits per heavy atom. The first-order valence-electron chi connectivity index (χ1n) is 9.95. The SMILES string of the molecule is C=C(Cl)/C=C(Cl)\C(=C/C)N1N=C(C(=O)NN2CCCCC2)CC1c1ccc(Cl)cc1. The largest absolute Gasteiger partial charge is 0.284 e. The fourth-order valence-corrected chi connectivity index (χ4v) is 4.24. The van der Waals surface area contributed by atoms with Crippen molar-refractivity contribution in [3.63, 3.8) is 0 Å². The highest BCUT2D eigenvalue weighted by atomic mass is 35.5. The smallest absolute Gasteiger partial charge is 0.281 e. The zero-order valence-electron chi connectivity index (χ0n) is 16.9. The number of benzene rings is 1. The lowest BCUT2D eigenvalue weighted by Crippen LogP contribution is -2.47. The first kappa shape index (κ1) is 22.9. The zero-order chi connectivity index (χ0) is 21.7. The van der Waals surface area contributed by atoms with Gasteiger partial charge in [0.05, 0.1) is 16.8 Å². The number of amides is 1. The lowest BCUT2D eigenvalue weighted by Gasteiger charge is -2.26. The van der Waals surface area contributed by atoms with E-state index in [1.807, 2.05) is 42.3 Å². The van der Waals surface area contributed by atoms with E-state index in [1.54, 1.807) is 11.1 Å². The summed E-state index contributed by atoms with van der Waals surface area (Å²) in [5, 5.41) is 9.75. The Morgan fingerprint density at radius 2 is 1.87 bits per heavy atom. The molecule has 30 heavy (non-hydrogen) atoms. The molecule has 0 aliphatic carbocycles. The molecular weight excluding hydrogens is 443 g/mol. The van der Waals surface area contributed by atoms with Gasteiger partial charge in [0.25, 0.3) is 5.91 Å². The van der Waals surface area contributed by atoms with Crippen LogP contribution in [0.5, 0.6) is 0 Å². The van der Waals surface area contributed by atoms with Crippen molar-refractivity contribution in [2.24, 2.45) is 5.10 Å². The molecule has 160 valence electrons. The normalized spacial score (nSPS) is 20.9. The molecule has 0 radical (unpaired) electrons. The maximum atomic E-state index is 12.9. The van der Waals surface area contributed by atoms with Gasteiger partial charge >= 0.3 is 0 Å². The predicted octanol–water partition coefficient (Wildman–Crippen LogP) is 5.74. The van der Waals surface area contributed by atoms with Gasteiger partial charge in [0.2, 0.25) is 0 Å². The Labute approximate surface area is 192 Å². The lowest BCUT2D eigenvalue weighted by atomic mass is 10.0. The Balaban J connectivity index is 1.89. The van der Waals surface area contributed by atoms with Crippen LogP contribution in [-0.4, -0.2) is 34.7 Å². The van der Waals surface area contributed by atoms with E-state index in [4.69, 9.17) is 34.8 Å². The molecule has 1 amide bonds. The third-order valence-corrected chi connectivity index (χ3v) is 5.76. The second-order valence-corrected chi connectivity index (χ2v) is 8.59. The minimum absolute atomic E-state index is 0.185. The molecule has 0 spiro atoms. The van der Waals surface area contributed by atoms with Gasteiger partial charge in [0, 0.05) is 29.6 Å². The van der Waals surface area contributed by atoms with Crippen molar-refractivity contribution in [2.45, 2.75) is 38.6 Å². The minimum atomic E-state index is -0.193. The second kappa shape index (κ2) is 10.5. The third-order valence-electron chi connectivity index (χ3n) is 5.09. The molecule has 2 heterocycles. The molecule has 0 bridgehead atoms. The molecule has 1 unspecified atom stereocenters. The van der Waals surface area contributed by atoms with Crippen LogP contribution in [0, 0.1) is 0 Å². The molecule has 0 aromatic heterocycles. The van der Waals surface area contributed by atoms with Gasteiger partial charge < -0.3 is 0 Å². The molecule has 1 aromatic rings. The number of nitrogens with one attached hydrogen (secondary N) is 1. The van der Waals surface area contributed by atoms with Gasteiger partial charge in [-0.05, 0) is 43.5 Å². The van der Waals surface area contributed by atoms with E-state index in [1.165, 1.54) is 6.42 Å². The van der Waals surface area contributed by atoms with Crippen molar-refractivity contribution in [3.8, 4) is 0 Å². The summed E-state index contributed by atoms with van der Waals surface area (Å²) in [6.45, 7) is 7.25. The maximum Gasteiger partial charge on any atom is 0.281 e. The van der Waals surface area contributed by atoms with E-state index in [0.29, 0.717) is 32.9 Å². The Morgan fingerprint density at radius 3 is 2.47 bits per heavy atom. The maximum absolute atomic E-state index is 12.9. The average Bonchev–Trinajstić information content (AvgIpc) is 3.14. The summed E-state index contributed by atoms with van der Waals surface area (Å²) in [7, 11) is 0.